The molecule has 3 heterocycles. The first kappa shape index (κ1) is 25.7. The van der Waals surface area contributed by atoms with Gasteiger partial charge in [0.1, 0.15) is 22.2 Å². The number of thioether (sulfide) groups is 1. The number of hydrogen-bond acceptors (Lipinski definition) is 7. The van der Waals surface area contributed by atoms with Crippen LogP contribution in [0.4, 0.5) is 10.2 Å². The maximum atomic E-state index is 13.6. The minimum Gasteiger partial charge on any atom is -0.384 e. The first-order valence-electron chi connectivity index (χ1n) is 12.2. The molecule has 1 fully saturated rings. The van der Waals surface area contributed by atoms with Crippen LogP contribution in [0.3, 0.4) is 0 Å². The average molecular weight is 534 g/mol. The first-order valence-corrected chi connectivity index (χ1v) is 13.0. The largest absolute Gasteiger partial charge is 0.384 e. The molecule has 2 N–H and O–H groups in total. The molecule has 0 spiro atoms. The van der Waals surface area contributed by atoms with E-state index in [1.807, 2.05) is 42.1 Å². The van der Waals surface area contributed by atoms with Crippen molar-refractivity contribution in [1.29, 1.82) is 0 Å². The molecule has 1 atom stereocenters. The van der Waals surface area contributed by atoms with Crippen LogP contribution in [-0.2, 0) is 13.6 Å². The maximum absolute atomic E-state index is 13.6. The highest BCUT2D eigenvalue weighted by Gasteiger charge is 2.28. The van der Waals surface area contributed by atoms with Gasteiger partial charge in [0.2, 0.25) is 0 Å². The number of aromatic nitrogens is 4. The lowest BCUT2D eigenvalue weighted by Crippen LogP contribution is -2.44. The summed E-state index contributed by atoms with van der Waals surface area (Å²) in [6, 6.07) is 13.6. The summed E-state index contributed by atoms with van der Waals surface area (Å²) in [5.41, 5.74) is 7.66. The van der Waals surface area contributed by atoms with Crippen LogP contribution in [0.1, 0.15) is 23.6 Å². The zero-order valence-corrected chi connectivity index (χ0v) is 21.9. The van der Waals surface area contributed by atoms with Crippen LogP contribution in [0, 0.1) is 5.82 Å². The molecule has 0 amide bonds. The predicted octanol–water partition coefficient (Wildman–Crippen LogP) is 3.07. The highest BCUT2D eigenvalue weighted by atomic mass is 32.2. The Morgan fingerprint density at radius 2 is 1.87 bits per heavy atom. The van der Waals surface area contributed by atoms with Crippen LogP contribution < -0.4 is 17.0 Å². The van der Waals surface area contributed by atoms with Crippen molar-refractivity contribution in [1.82, 2.24) is 23.6 Å². The van der Waals surface area contributed by atoms with Gasteiger partial charge in [-0.2, -0.15) is 0 Å². The molecule has 11 heteroatoms. The van der Waals surface area contributed by atoms with Crippen molar-refractivity contribution in [2.75, 3.05) is 25.9 Å². The Kier molecular flexibility index (Phi) is 7.30. The molecule has 0 bridgehead atoms. The highest BCUT2D eigenvalue weighted by Crippen LogP contribution is 2.28. The second kappa shape index (κ2) is 10.8. The van der Waals surface area contributed by atoms with Crippen molar-refractivity contribution in [3.05, 3.63) is 105 Å². The monoisotopic (exact) mass is 533 g/mol. The van der Waals surface area contributed by atoms with Gasteiger partial charge in [-0.15, -0.1) is 0 Å². The van der Waals surface area contributed by atoms with Crippen LogP contribution in [0.15, 0.2) is 86.7 Å². The Morgan fingerprint density at radius 3 is 2.50 bits per heavy atom. The van der Waals surface area contributed by atoms with Gasteiger partial charge in [0, 0.05) is 36.6 Å². The van der Waals surface area contributed by atoms with E-state index in [9.17, 15) is 14.0 Å². The molecule has 1 aliphatic rings. The summed E-state index contributed by atoms with van der Waals surface area (Å²) in [6.45, 7) is 1.76. The molecular weight excluding hydrogens is 505 g/mol. The number of rotatable bonds is 6. The van der Waals surface area contributed by atoms with Gasteiger partial charge < -0.3 is 15.2 Å². The van der Waals surface area contributed by atoms with E-state index < -0.39 is 11.2 Å². The normalized spacial score (nSPS) is 16.3. The molecule has 0 radical (unpaired) electrons. The van der Waals surface area contributed by atoms with E-state index in [1.165, 1.54) is 35.5 Å². The molecular formula is C27H28FN7O2S. The lowest BCUT2D eigenvalue weighted by molar-refractivity contribution is 0.387. The number of halogens is 1. The minimum absolute atomic E-state index is 0.0993. The van der Waals surface area contributed by atoms with Crippen molar-refractivity contribution in [2.45, 2.75) is 23.9 Å². The standard InChI is InChI=1S/C27H28FN7O2S/c1-32-13-11-21(16-32)35-24(29)23(26(36)33(2)27(35)37)25(38-22-9-5-19(28)6-10-22)31-15-18-3-7-20(8-4-18)34-14-12-30-17-34/h3-10,12,14,17,21H,11,13,15-16,29H2,1-2H3. The smallest absolute Gasteiger partial charge is 0.332 e. The molecule has 1 saturated heterocycles. The summed E-state index contributed by atoms with van der Waals surface area (Å²) < 4.78 is 18.1. The number of nitrogens with two attached hydrogens (primary N) is 1. The van der Waals surface area contributed by atoms with Crippen LogP contribution >= 0.6 is 11.8 Å². The number of nitrogens with zero attached hydrogens (tertiary/aromatic N) is 6. The van der Waals surface area contributed by atoms with Gasteiger partial charge in [0.25, 0.3) is 5.56 Å². The van der Waals surface area contributed by atoms with Gasteiger partial charge in [-0.25, -0.2) is 14.2 Å². The molecule has 2 aromatic heterocycles. The number of imidazole rings is 1. The van der Waals surface area contributed by atoms with Gasteiger partial charge in [0.05, 0.1) is 18.9 Å². The fraction of sp³-hybridized carbons (Fsp3) is 0.259. The minimum atomic E-state index is -0.515. The van der Waals surface area contributed by atoms with Gasteiger partial charge in [-0.05, 0) is 62.0 Å². The van der Waals surface area contributed by atoms with Gasteiger partial charge in [-0.1, -0.05) is 23.9 Å². The number of likely N-dealkylation sites (tertiary alicyclic amines) is 1. The molecule has 2 aromatic carbocycles. The summed E-state index contributed by atoms with van der Waals surface area (Å²) >= 11 is 1.22. The SMILES string of the molecule is CN1CCC(n2c(N)c(C(=NCc3ccc(-n4ccnc4)cc3)Sc3ccc(F)cc3)c(=O)n(C)c2=O)C1. The maximum Gasteiger partial charge on any atom is 0.332 e. The number of anilines is 1. The molecule has 1 aliphatic heterocycles. The van der Waals surface area contributed by atoms with E-state index in [0.29, 0.717) is 16.5 Å². The van der Waals surface area contributed by atoms with Gasteiger partial charge >= 0.3 is 5.69 Å². The fourth-order valence-electron chi connectivity index (χ4n) is 4.55. The van der Waals surface area contributed by atoms with Crippen LogP contribution in [0.25, 0.3) is 5.69 Å². The van der Waals surface area contributed by atoms with Crippen molar-refractivity contribution >= 4 is 22.6 Å². The van der Waals surface area contributed by atoms with Gasteiger partial charge in [-0.3, -0.25) is 18.9 Å². The summed E-state index contributed by atoms with van der Waals surface area (Å²) in [5, 5.41) is 0.369. The Bertz CT molecular complexity index is 1580. The molecule has 196 valence electrons. The number of benzene rings is 2. The molecule has 5 rings (SSSR count). The third-order valence-corrected chi connectivity index (χ3v) is 7.68. The van der Waals surface area contributed by atoms with E-state index in [1.54, 1.807) is 24.7 Å². The lowest BCUT2D eigenvalue weighted by atomic mass is 10.2. The predicted molar refractivity (Wildman–Crippen MR) is 148 cm³/mol. The zero-order valence-electron chi connectivity index (χ0n) is 21.1. The zero-order chi connectivity index (χ0) is 26.8. The van der Waals surface area contributed by atoms with E-state index in [-0.39, 0.29) is 29.8 Å². The van der Waals surface area contributed by atoms with Crippen LogP contribution in [0.5, 0.6) is 0 Å². The van der Waals surface area contributed by atoms with Gasteiger partial charge in [0.15, 0.2) is 0 Å². The van der Waals surface area contributed by atoms with Crippen molar-refractivity contribution in [3.63, 3.8) is 0 Å². The molecule has 9 nitrogen and oxygen atoms in total. The molecule has 4 aromatic rings. The summed E-state index contributed by atoms with van der Waals surface area (Å²) in [7, 11) is 3.44. The summed E-state index contributed by atoms with van der Waals surface area (Å²) in [4.78, 5) is 38.2. The summed E-state index contributed by atoms with van der Waals surface area (Å²) in [5.74, 6) is -0.262. The third kappa shape index (κ3) is 5.20. The quantitative estimate of drug-likeness (QED) is 0.232. The average Bonchev–Trinajstić information content (AvgIpc) is 3.60. The molecule has 38 heavy (non-hydrogen) atoms. The lowest BCUT2D eigenvalue weighted by Gasteiger charge is -2.21. The number of aliphatic imine (C=N–C) groups is 1. The Morgan fingerprint density at radius 1 is 1.13 bits per heavy atom. The van der Waals surface area contributed by atoms with Crippen molar-refractivity contribution in [2.24, 2.45) is 12.0 Å². The Hall–Kier alpha value is -3.96. The number of nitrogen functional groups attached to an aromatic ring is 1. The van der Waals surface area contributed by atoms with Crippen molar-refractivity contribution in [3.8, 4) is 5.69 Å². The molecule has 0 aliphatic carbocycles. The first-order chi connectivity index (χ1) is 18.3. The number of likely N-dealkylation sites (N-methyl/N-ethyl adjacent to an activating group) is 1. The van der Waals surface area contributed by atoms with Crippen molar-refractivity contribution < 1.29 is 4.39 Å². The Labute approximate surface area is 223 Å². The molecule has 1 unspecified atom stereocenters. The highest BCUT2D eigenvalue weighted by molar-refractivity contribution is 8.14. The fourth-order valence-corrected chi connectivity index (χ4v) is 5.47. The van der Waals surface area contributed by atoms with E-state index in [0.717, 1.165) is 28.8 Å². The summed E-state index contributed by atoms with van der Waals surface area (Å²) in [6.07, 6.45) is 6.05. The van der Waals surface area contributed by atoms with E-state index in [2.05, 4.69) is 9.88 Å². The second-order valence-electron chi connectivity index (χ2n) is 9.30. The number of hydrogen-bond donors (Lipinski definition) is 1. The topological polar surface area (TPSA) is 103 Å². The Balaban J connectivity index is 1.57. The van der Waals surface area contributed by atoms with E-state index in [4.69, 9.17) is 10.7 Å². The van der Waals surface area contributed by atoms with Crippen LogP contribution in [-0.4, -0.2) is 48.8 Å². The molecule has 0 saturated carbocycles. The second-order valence-corrected chi connectivity index (χ2v) is 10.4. The van der Waals surface area contributed by atoms with E-state index >= 15 is 0 Å². The van der Waals surface area contributed by atoms with Crippen LogP contribution in [0.2, 0.25) is 0 Å². The third-order valence-electron chi connectivity index (χ3n) is 6.64.